The summed E-state index contributed by atoms with van der Waals surface area (Å²) in [5.74, 6) is 0.251. The summed E-state index contributed by atoms with van der Waals surface area (Å²) in [6.45, 7) is 5.10. The molecule has 2 aliphatic heterocycles. The van der Waals surface area contributed by atoms with E-state index in [4.69, 9.17) is 0 Å². The van der Waals surface area contributed by atoms with Crippen LogP contribution in [0.2, 0.25) is 0 Å². The van der Waals surface area contributed by atoms with Gasteiger partial charge in [-0.25, -0.2) is 0 Å². The minimum absolute atomic E-state index is 0.0543. The molecule has 0 bridgehead atoms. The standard InChI is InChI=1S/C24H29N3O2S/c1-30-21-8-6-20(7-9-21)27-15-13-26(14-16-27)12-2-3-23(28)19-4-10-22-18(17-19)5-11-24(29)25-22/h4,6-10,17H,2-3,5,11-16H2,1H3,(H,25,29). The Morgan fingerprint density at radius 1 is 1.03 bits per heavy atom. The van der Waals surface area contributed by atoms with Gasteiger partial charge in [0.15, 0.2) is 5.78 Å². The molecule has 2 heterocycles. The predicted octanol–water partition coefficient (Wildman–Crippen LogP) is 4.08. The highest BCUT2D eigenvalue weighted by Crippen LogP contribution is 2.25. The summed E-state index contributed by atoms with van der Waals surface area (Å²) in [7, 11) is 0. The first-order valence-electron chi connectivity index (χ1n) is 10.7. The van der Waals surface area contributed by atoms with Crippen molar-refractivity contribution in [2.75, 3.05) is 49.2 Å². The average molecular weight is 424 g/mol. The van der Waals surface area contributed by atoms with E-state index < -0.39 is 0 Å². The fourth-order valence-corrected chi connectivity index (χ4v) is 4.60. The molecule has 0 spiro atoms. The molecule has 2 aliphatic rings. The normalized spacial score (nSPS) is 16.8. The highest BCUT2D eigenvalue weighted by molar-refractivity contribution is 7.98. The first kappa shape index (κ1) is 20.9. The Hall–Kier alpha value is -2.31. The predicted molar refractivity (Wildman–Crippen MR) is 124 cm³/mol. The molecular formula is C24H29N3O2S. The number of thioether (sulfide) groups is 1. The van der Waals surface area contributed by atoms with Crippen LogP contribution in [0.3, 0.4) is 0 Å². The molecule has 0 unspecified atom stereocenters. The minimum Gasteiger partial charge on any atom is -0.369 e. The molecule has 0 aliphatic carbocycles. The van der Waals surface area contributed by atoms with Gasteiger partial charge >= 0.3 is 0 Å². The first-order chi connectivity index (χ1) is 14.6. The van der Waals surface area contributed by atoms with Gasteiger partial charge in [0.05, 0.1) is 0 Å². The van der Waals surface area contributed by atoms with Gasteiger partial charge in [-0.15, -0.1) is 11.8 Å². The summed E-state index contributed by atoms with van der Waals surface area (Å²) in [5, 5.41) is 2.87. The van der Waals surface area contributed by atoms with Crippen molar-refractivity contribution in [3.8, 4) is 0 Å². The summed E-state index contributed by atoms with van der Waals surface area (Å²) in [5.41, 5.74) is 3.99. The van der Waals surface area contributed by atoms with Gasteiger partial charge in [-0.2, -0.15) is 0 Å². The Kier molecular flexibility index (Phi) is 6.75. The molecule has 1 saturated heterocycles. The molecule has 1 amide bonds. The number of nitrogens with zero attached hydrogens (tertiary/aromatic N) is 2. The van der Waals surface area contributed by atoms with E-state index in [0.717, 1.165) is 56.0 Å². The van der Waals surface area contributed by atoms with Crippen molar-refractivity contribution < 1.29 is 9.59 Å². The number of nitrogens with one attached hydrogen (secondary N) is 1. The van der Waals surface area contributed by atoms with Gasteiger partial charge in [0.2, 0.25) is 5.91 Å². The monoisotopic (exact) mass is 423 g/mol. The SMILES string of the molecule is CSc1ccc(N2CCN(CCCC(=O)c3ccc4c(c3)CCC(=O)N4)CC2)cc1. The molecule has 0 atom stereocenters. The molecule has 0 aromatic heterocycles. The quantitative estimate of drug-likeness (QED) is 0.537. The zero-order chi connectivity index (χ0) is 20.9. The maximum absolute atomic E-state index is 12.6. The maximum Gasteiger partial charge on any atom is 0.224 e. The van der Waals surface area contributed by atoms with Crippen molar-refractivity contribution in [2.24, 2.45) is 0 Å². The fourth-order valence-electron chi connectivity index (χ4n) is 4.19. The zero-order valence-electron chi connectivity index (χ0n) is 17.5. The Morgan fingerprint density at radius 2 is 1.80 bits per heavy atom. The Morgan fingerprint density at radius 3 is 2.53 bits per heavy atom. The number of ketones is 1. The van der Waals surface area contributed by atoms with Gasteiger partial charge in [-0.1, -0.05) is 0 Å². The average Bonchev–Trinajstić information content (AvgIpc) is 2.79. The van der Waals surface area contributed by atoms with Gasteiger partial charge < -0.3 is 10.2 Å². The molecule has 2 aromatic carbocycles. The van der Waals surface area contributed by atoms with E-state index in [1.165, 1.54) is 10.6 Å². The van der Waals surface area contributed by atoms with Crippen molar-refractivity contribution in [3.63, 3.8) is 0 Å². The molecule has 1 fully saturated rings. The summed E-state index contributed by atoms with van der Waals surface area (Å²) >= 11 is 1.77. The van der Waals surface area contributed by atoms with Crippen LogP contribution in [-0.2, 0) is 11.2 Å². The summed E-state index contributed by atoms with van der Waals surface area (Å²) in [6, 6.07) is 14.5. The van der Waals surface area contributed by atoms with E-state index in [1.807, 2.05) is 18.2 Å². The minimum atomic E-state index is 0.0543. The van der Waals surface area contributed by atoms with Gasteiger partial charge in [0, 0.05) is 60.9 Å². The molecule has 30 heavy (non-hydrogen) atoms. The molecule has 158 valence electrons. The lowest BCUT2D eigenvalue weighted by molar-refractivity contribution is -0.116. The van der Waals surface area contributed by atoms with Crippen molar-refractivity contribution in [3.05, 3.63) is 53.6 Å². The van der Waals surface area contributed by atoms with E-state index in [9.17, 15) is 9.59 Å². The number of aryl methyl sites for hydroxylation is 1. The molecule has 2 aromatic rings. The second-order valence-electron chi connectivity index (χ2n) is 7.97. The zero-order valence-corrected chi connectivity index (χ0v) is 18.3. The van der Waals surface area contributed by atoms with Crippen LogP contribution in [0, 0.1) is 0 Å². The lowest BCUT2D eigenvalue weighted by Crippen LogP contribution is -2.46. The number of carbonyl (C=O) groups excluding carboxylic acids is 2. The van der Waals surface area contributed by atoms with Gasteiger partial charge in [-0.05, 0) is 73.7 Å². The van der Waals surface area contributed by atoms with Gasteiger partial charge in [0.1, 0.15) is 0 Å². The third-order valence-electron chi connectivity index (χ3n) is 6.01. The number of fused-ring (bicyclic) bond motifs is 1. The molecule has 0 saturated carbocycles. The van der Waals surface area contributed by atoms with Crippen molar-refractivity contribution >= 4 is 34.8 Å². The van der Waals surface area contributed by atoms with Crippen molar-refractivity contribution in [2.45, 2.75) is 30.6 Å². The smallest absolute Gasteiger partial charge is 0.224 e. The van der Waals surface area contributed by atoms with Gasteiger partial charge in [-0.3, -0.25) is 14.5 Å². The second-order valence-corrected chi connectivity index (χ2v) is 8.85. The third kappa shape index (κ3) is 5.05. The maximum atomic E-state index is 12.6. The summed E-state index contributed by atoms with van der Waals surface area (Å²) in [6.07, 6.45) is 4.77. The van der Waals surface area contributed by atoms with E-state index in [2.05, 4.69) is 45.6 Å². The van der Waals surface area contributed by atoms with Crippen LogP contribution < -0.4 is 10.2 Å². The molecule has 5 nitrogen and oxygen atoms in total. The number of anilines is 2. The number of hydrogen-bond acceptors (Lipinski definition) is 5. The van der Waals surface area contributed by atoms with Crippen LogP contribution in [0.15, 0.2) is 47.4 Å². The topological polar surface area (TPSA) is 52.7 Å². The van der Waals surface area contributed by atoms with E-state index in [0.29, 0.717) is 19.3 Å². The van der Waals surface area contributed by atoms with Crippen LogP contribution >= 0.6 is 11.8 Å². The number of amides is 1. The van der Waals surface area contributed by atoms with Crippen LogP contribution in [0.4, 0.5) is 11.4 Å². The van der Waals surface area contributed by atoms with Crippen LogP contribution in [0.25, 0.3) is 0 Å². The van der Waals surface area contributed by atoms with Crippen molar-refractivity contribution in [1.29, 1.82) is 0 Å². The number of Topliss-reactive ketones (excluding diaryl/α,β-unsaturated/α-hetero) is 1. The highest BCUT2D eigenvalue weighted by Gasteiger charge is 2.19. The molecule has 4 rings (SSSR count). The lowest BCUT2D eigenvalue weighted by atomic mass is 9.97. The lowest BCUT2D eigenvalue weighted by Gasteiger charge is -2.36. The number of piperazine rings is 1. The highest BCUT2D eigenvalue weighted by atomic mass is 32.2. The molecule has 0 radical (unpaired) electrons. The number of carbonyl (C=O) groups is 2. The van der Waals surface area contributed by atoms with Crippen LogP contribution in [-0.4, -0.2) is 55.6 Å². The summed E-state index contributed by atoms with van der Waals surface area (Å²) < 4.78 is 0. The molecule has 6 heteroatoms. The Labute approximate surface area is 182 Å². The van der Waals surface area contributed by atoms with Crippen LogP contribution in [0.5, 0.6) is 0 Å². The molecule has 1 N–H and O–H groups in total. The second kappa shape index (κ2) is 9.67. The van der Waals surface area contributed by atoms with Crippen molar-refractivity contribution in [1.82, 2.24) is 4.90 Å². The Bertz CT molecular complexity index is 905. The number of hydrogen-bond donors (Lipinski definition) is 1. The number of rotatable bonds is 7. The fraction of sp³-hybridized carbons (Fsp3) is 0.417. The largest absolute Gasteiger partial charge is 0.369 e. The number of benzene rings is 2. The summed E-state index contributed by atoms with van der Waals surface area (Å²) in [4.78, 5) is 30.3. The third-order valence-corrected chi connectivity index (χ3v) is 6.75. The molecular weight excluding hydrogens is 394 g/mol. The van der Waals surface area contributed by atoms with Crippen LogP contribution in [0.1, 0.15) is 35.2 Å². The van der Waals surface area contributed by atoms with Gasteiger partial charge in [0.25, 0.3) is 0 Å². The van der Waals surface area contributed by atoms with E-state index in [1.54, 1.807) is 11.8 Å². The van der Waals surface area contributed by atoms with E-state index >= 15 is 0 Å². The van der Waals surface area contributed by atoms with E-state index in [-0.39, 0.29) is 11.7 Å². The Balaban J connectivity index is 1.21. The first-order valence-corrected chi connectivity index (χ1v) is 11.9.